The van der Waals surface area contributed by atoms with Gasteiger partial charge < -0.3 is 5.11 Å². The zero-order chi connectivity index (χ0) is 35.6. The van der Waals surface area contributed by atoms with Gasteiger partial charge in [-0.3, -0.25) is 0 Å². The number of aliphatic hydroxyl groups excluding tert-OH is 5. The molecule has 6 N–H and O–H groups in total. The van der Waals surface area contributed by atoms with Gasteiger partial charge in [0.05, 0.1) is 6.10 Å². The number of para-hydroxylation sites is 1. The minimum absolute atomic E-state index is 0.0295. The first kappa shape index (κ1) is 35.9. The second-order valence-corrected chi connectivity index (χ2v) is 20.5. The van der Waals surface area contributed by atoms with Gasteiger partial charge in [-0.1, -0.05) is 30.3 Å². The van der Waals surface area contributed by atoms with Crippen molar-refractivity contribution in [3.8, 4) is 11.1 Å². The predicted octanol–water partition coefficient (Wildman–Crippen LogP) is 0.755. The Morgan fingerprint density at radius 1 is 0.880 bits per heavy atom. The van der Waals surface area contributed by atoms with Crippen LogP contribution in [-0.4, -0.2) is 70.5 Å². The first-order valence-corrected chi connectivity index (χ1v) is 21.3. The molecule has 1 fully saturated rings. The summed E-state index contributed by atoms with van der Waals surface area (Å²) in [6, 6.07) is 28.9. The van der Waals surface area contributed by atoms with Crippen molar-refractivity contribution in [3.05, 3.63) is 135 Å². The van der Waals surface area contributed by atoms with Gasteiger partial charge in [-0.05, 0) is 17.7 Å². The van der Waals surface area contributed by atoms with Gasteiger partial charge in [0.2, 0.25) is 0 Å². The van der Waals surface area contributed by atoms with Crippen molar-refractivity contribution in [3.63, 3.8) is 0 Å². The Balaban J connectivity index is 1.15. The Morgan fingerprint density at radius 2 is 1.50 bits per heavy atom. The average Bonchev–Trinajstić information content (AvgIpc) is 3.11. The van der Waals surface area contributed by atoms with Crippen molar-refractivity contribution in [2.45, 2.75) is 43.2 Å². The summed E-state index contributed by atoms with van der Waals surface area (Å²) < 4.78 is 40.1. The molecule has 0 saturated carbocycles. The standard InChI is InChI=1S/C37H37FIN2O8S/c38-26-14-10-24(11-15-26)32(43)19-18-29-33(41(37(29)47)28-4-2-1-3-5-28)25-8-6-22(7-9-25)23-12-16-27(17-13-23)39-50(48,49)21-31-35(45)36(46)34(44)30(20-42)40-31/h1-17,29-30,32-34,36,40,42-46H,18-21H2/q-1/t29-,30?,32+,33-,34-,36?/m1/s1. The average molecular weight is 816 g/mol. The van der Waals surface area contributed by atoms with Crippen LogP contribution < -0.4 is 30.0 Å². The smallest absolute Gasteiger partial charge is 0.0621 e. The summed E-state index contributed by atoms with van der Waals surface area (Å²) in [6.07, 6.45) is -3.21. The molecule has 4 aromatic rings. The van der Waals surface area contributed by atoms with E-state index in [1.807, 2.05) is 66.7 Å². The molecule has 0 aliphatic carbocycles. The molecule has 2 aliphatic heterocycles. The van der Waals surface area contributed by atoms with E-state index in [0.717, 1.165) is 22.4 Å². The maximum atomic E-state index is 13.4. The van der Waals surface area contributed by atoms with Gasteiger partial charge in [-0.2, -0.15) is 0 Å². The SMILES string of the molecule is O=C1[C@H](CC[C@H](O)c2ccc(F)cc2)[C@@H](c2ccc(-c3ccc([I-]S(=O)(=O)CC4=C(O)C(O)[C@H](O)C(CO)N4)cc3)cc2)N1c1ccccc1. The summed E-state index contributed by atoms with van der Waals surface area (Å²) in [7, 11) is -3.70. The summed E-state index contributed by atoms with van der Waals surface area (Å²) in [6.45, 7) is -0.555. The third-order valence-corrected chi connectivity index (χ3v) is 15.3. The van der Waals surface area contributed by atoms with Gasteiger partial charge in [0.15, 0.2) is 0 Å². The summed E-state index contributed by atoms with van der Waals surface area (Å²) in [5.74, 6) is -1.98. The topological polar surface area (TPSA) is 168 Å². The molecule has 2 unspecified atom stereocenters. The molecule has 0 aromatic heterocycles. The van der Waals surface area contributed by atoms with E-state index in [0.29, 0.717) is 22.0 Å². The fourth-order valence-corrected chi connectivity index (χ4v) is 12.4. The number of benzene rings is 4. The zero-order valence-electron chi connectivity index (χ0n) is 26.7. The molecule has 0 radical (unpaired) electrons. The van der Waals surface area contributed by atoms with E-state index < -0.39 is 69.3 Å². The quantitative estimate of drug-likeness (QED) is 0.0688. The fraction of sp³-hybridized carbons (Fsp3) is 0.270. The maximum absolute atomic E-state index is 13.4. The second kappa shape index (κ2) is 15.2. The Kier molecular flexibility index (Phi) is 10.9. The number of nitrogens with one attached hydrogen (secondary N) is 1. The number of halogens is 2. The van der Waals surface area contributed by atoms with E-state index in [4.69, 9.17) is 0 Å². The van der Waals surface area contributed by atoms with Crippen LogP contribution in [0.3, 0.4) is 0 Å². The van der Waals surface area contributed by atoms with Crippen LogP contribution in [0.5, 0.6) is 0 Å². The number of rotatable bonds is 12. The minimum Gasteiger partial charge on any atom is -0.0621 e. The molecule has 1 amide bonds. The monoisotopic (exact) mass is 815 g/mol. The van der Waals surface area contributed by atoms with Crippen molar-refractivity contribution < 1.29 is 63.0 Å². The molecule has 2 heterocycles. The number of carbonyl (C=O) groups excluding carboxylic acids is 1. The van der Waals surface area contributed by atoms with Crippen LogP contribution >= 0.6 is 0 Å². The third kappa shape index (κ3) is 7.72. The van der Waals surface area contributed by atoms with Gasteiger partial charge in [0.1, 0.15) is 5.82 Å². The number of β-lactam (4-membered cyclic amide) rings is 1. The summed E-state index contributed by atoms with van der Waals surface area (Å²) in [5, 5.41) is 53.1. The molecule has 4 aromatic carbocycles. The van der Waals surface area contributed by atoms with Crippen LogP contribution in [0.15, 0.2) is 115 Å². The second-order valence-electron chi connectivity index (χ2n) is 12.4. The number of carbonyl (C=O) groups is 1. The van der Waals surface area contributed by atoms with Crippen molar-refractivity contribution in [2.24, 2.45) is 5.92 Å². The van der Waals surface area contributed by atoms with Crippen molar-refractivity contribution in [1.29, 1.82) is 0 Å². The number of anilines is 1. The summed E-state index contributed by atoms with van der Waals surface area (Å²) >= 11 is -1.56. The minimum atomic E-state index is -3.70. The fourth-order valence-electron chi connectivity index (χ4n) is 6.39. The van der Waals surface area contributed by atoms with Crippen LogP contribution in [0.25, 0.3) is 11.1 Å². The molecule has 6 rings (SSSR count). The van der Waals surface area contributed by atoms with Crippen LogP contribution in [0.1, 0.15) is 36.1 Å². The van der Waals surface area contributed by atoms with Crippen LogP contribution in [0.4, 0.5) is 10.1 Å². The number of aliphatic hydroxyl groups is 5. The first-order valence-electron chi connectivity index (χ1n) is 16.0. The van der Waals surface area contributed by atoms with E-state index in [1.165, 1.54) is 12.1 Å². The van der Waals surface area contributed by atoms with Gasteiger partial charge in [-0.25, -0.2) is 4.39 Å². The van der Waals surface area contributed by atoms with Crippen molar-refractivity contribution >= 4 is 18.6 Å². The molecular formula is C37H37FIN2O8S-. The zero-order valence-corrected chi connectivity index (χ0v) is 29.7. The Labute approximate surface area is 298 Å². The van der Waals surface area contributed by atoms with Crippen molar-refractivity contribution in [1.82, 2.24) is 5.32 Å². The Morgan fingerprint density at radius 3 is 2.12 bits per heavy atom. The van der Waals surface area contributed by atoms with E-state index in [9.17, 15) is 43.1 Å². The molecular weight excluding hydrogens is 778 g/mol. The molecule has 0 bridgehead atoms. The van der Waals surface area contributed by atoms with E-state index in [2.05, 4.69) is 5.32 Å². The number of nitrogens with zero attached hydrogens (tertiary/aromatic N) is 1. The van der Waals surface area contributed by atoms with E-state index >= 15 is 0 Å². The molecule has 0 spiro atoms. The molecule has 6 atom stereocenters. The molecule has 13 heteroatoms. The summed E-state index contributed by atoms with van der Waals surface area (Å²) in [5.41, 5.74) is 3.93. The number of amides is 1. The number of hydrogen-bond donors (Lipinski definition) is 6. The normalized spacial score (nSPS) is 23.0. The van der Waals surface area contributed by atoms with Gasteiger partial charge >= 0.3 is 230 Å². The van der Waals surface area contributed by atoms with Gasteiger partial charge in [0.25, 0.3) is 0 Å². The van der Waals surface area contributed by atoms with Gasteiger partial charge in [0, 0.05) is 0 Å². The van der Waals surface area contributed by atoms with Crippen LogP contribution in [0.2, 0.25) is 0 Å². The van der Waals surface area contributed by atoms with Crippen LogP contribution in [0, 0.1) is 15.3 Å². The van der Waals surface area contributed by atoms with E-state index in [-0.39, 0.29) is 29.4 Å². The third-order valence-electron chi connectivity index (χ3n) is 9.09. The van der Waals surface area contributed by atoms with Crippen LogP contribution in [-0.2, 0) is 11.8 Å². The summed E-state index contributed by atoms with van der Waals surface area (Å²) in [4.78, 5) is 15.2. The first-order chi connectivity index (χ1) is 24.0. The van der Waals surface area contributed by atoms with Crippen molar-refractivity contribution in [2.75, 3.05) is 17.3 Å². The van der Waals surface area contributed by atoms with E-state index in [1.54, 1.807) is 29.2 Å². The Bertz CT molecular complexity index is 1940. The molecule has 10 nitrogen and oxygen atoms in total. The number of hydrogen-bond acceptors (Lipinski definition) is 9. The molecule has 264 valence electrons. The molecule has 50 heavy (non-hydrogen) atoms. The Hall–Kier alpha value is -3.86. The molecule has 2 aliphatic rings. The molecule has 1 saturated heterocycles. The van der Waals surface area contributed by atoms with Gasteiger partial charge in [-0.15, -0.1) is 0 Å². The predicted molar refractivity (Wildman–Crippen MR) is 181 cm³/mol.